The normalized spacial score (nSPS) is 15.2. The molecule has 16 heavy (non-hydrogen) atoms. The van der Waals surface area contributed by atoms with Gasteiger partial charge in [-0.15, -0.1) is 11.3 Å². The Balaban J connectivity index is 1.83. The van der Waals surface area contributed by atoms with Gasteiger partial charge in [-0.25, -0.2) is 9.97 Å². The van der Waals surface area contributed by atoms with Crippen LogP contribution in [0.1, 0.15) is 11.5 Å². The van der Waals surface area contributed by atoms with Crippen LogP contribution in [-0.4, -0.2) is 21.1 Å². The van der Waals surface area contributed by atoms with E-state index in [1.165, 1.54) is 0 Å². The number of aromatic nitrogens is 3. The minimum absolute atomic E-state index is 0.513. The fraction of sp³-hybridized carbons (Fsp3) is 0.400. The molecule has 0 fully saturated rings. The predicted molar refractivity (Wildman–Crippen MR) is 63.3 cm³/mol. The standard InChI is InChI=1S/C10H13N5S/c11-5-8-7-16-10(13-8)15-4-3-14-2-1-12-9(14)6-15/h1-2,7H,3-6,11H2. The molecule has 0 amide bonds. The highest BCUT2D eigenvalue weighted by atomic mass is 32.1. The zero-order chi connectivity index (χ0) is 11.0. The molecule has 5 nitrogen and oxygen atoms in total. The molecular formula is C10H13N5S. The average Bonchev–Trinajstić information content (AvgIpc) is 2.96. The summed E-state index contributed by atoms with van der Waals surface area (Å²) < 4.78 is 2.19. The molecule has 0 bridgehead atoms. The minimum Gasteiger partial charge on any atom is -0.339 e. The zero-order valence-corrected chi connectivity index (χ0v) is 9.65. The second kappa shape index (κ2) is 3.88. The van der Waals surface area contributed by atoms with Crippen molar-refractivity contribution in [1.82, 2.24) is 14.5 Å². The maximum Gasteiger partial charge on any atom is 0.186 e. The molecule has 0 saturated carbocycles. The van der Waals surface area contributed by atoms with Gasteiger partial charge in [-0.05, 0) is 0 Å². The first-order valence-corrected chi connectivity index (χ1v) is 6.14. The number of fused-ring (bicyclic) bond motifs is 1. The Morgan fingerprint density at radius 2 is 2.38 bits per heavy atom. The fourth-order valence-corrected chi connectivity index (χ4v) is 2.74. The summed E-state index contributed by atoms with van der Waals surface area (Å²) in [5, 5.41) is 3.07. The summed E-state index contributed by atoms with van der Waals surface area (Å²) in [5.41, 5.74) is 6.53. The molecule has 0 spiro atoms. The Hall–Kier alpha value is -1.40. The lowest BCUT2D eigenvalue weighted by molar-refractivity contribution is 0.559. The zero-order valence-electron chi connectivity index (χ0n) is 8.83. The summed E-state index contributed by atoms with van der Waals surface area (Å²) in [4.78, 5) is 11.1. The van der Waals surface area contributed by atoms with Crippen LogP contribution in [0.5, 0.6) is 0 Å². The number of hydrogen-bond donors (Lipinski definition) is 1. The molecule has 1 aliphatic heterocycles. The second-order valence-electron chi connectivity index (χ2n) is 3.78. The largest absolute Gasteiger partial charge is 0.339 e. The van der Waals surface area contributed by atoms with Gasteiger partial charge < -0.3 is 15.2 Å². The first kappa shape index (κ1) is 9.80. The van der Waals surface area contributed by atoms with Crippen molar-refractivity contribution < 1.29 is 0 Å². The molecule has 0 radical (unpaired) electrons. The van der Waals surface area contributed by atoms with Crippen molar-refractivity contribution in [2.45, 2.75) is 19.6 Å². The van der Waals surface area contributed by atoms with Gasteiger partial charge in [0, 0.05) is 37.4 Å². The van der Waals surface area contributed by atoms with Crippen LogP contribution in [-0.2, 0) is 19.6 Å². The highest BCUT2D eigenvalue weighted by molar-refractivity contribution is 7.13. The quantitative estimate of drug-likeness (QED) is 0.837. The Bertz CT molecular complexity index is 489. The number of anilines is 1. The van der Waals surface area contributed by atoms with E-state index >= 15 is 0 Å². The molecule has 1 aliphatic rings. The van der Waals surface area contributed by atoms with E-state index in [1.54, 1.807) is 11.3 Å². The monoisotopic (exact) mass is 235 g/mol. The molecule has 6 heteroatoms. The SMILES string of the molecule is NCc1csc(N2CCn3ccnc3C2)n1. The Kier molecular flexibility index (Phi) is 2.37. The van der Waals surface area contributed by atoms with E-state index in [9.17, 15) is 0 Å². The van der Waals surface area contributed by atoms with Crippen molar-refractivity contribution in [3.8, 4) is 0 Å². The van der Waals surface area contributed by atoms with Gasteiger partial charge in [-0.1, -0.05) is 0 Å². The van der Waals surface area contributed by atoms with Crippen molar-refractivity contribution >= 4 is 16.5 Å². The van der Waals surface area contributed by atoms with E-state index in [2.05, 4.69) is 19.4 Å². The van der Waals surface area contributed by atoms with Crippen molar-refractivity contribution in [2.24, 2.45) is 5.73 Å². The summed E-state index contributed by atoms with van der Waals surface area (Å²) in [7, 11) is 0. The van der Waals surface area contributed by atoms with Gasteiger partial charge in [0.2, 0.25) is 0 Å². The van der Waals surface area contributed by atoms with E-state index in [4.69, 9.17) is 5.73 Å². The third kappa shape index (κ3) is 1.60. The number of imidazole rings is 1. The van der Waals surface area contributed by atoms with Gasteiger partial charge in [-0.3, -0.25) is 0 Å². The molecule has 0 saturated heterocycles. The molecule has 2 aromatic rings. The molecule has 0 aliphatic carbocycles. The molecule has 0 unspecified atom stereocenters. The summed E-state index contributed by atoms with van der Waals surface area (Å²) >= 11 is 1.66. The van der Waals surface area contributed by atoms with Gasteiger partial charge in [0.15, 0.2) is 5.13 Å². The van der Waals surface area contributed by atoms with Crippen molar-refractivity contribution in [2.75, 3.05) is 11.4 Å². The minimum atomic E-state index is 0.513. The van der Waals surface area contributed by atoms with Crippen LogP contribution < -0.4 is 10.6 Å². The Labute approximate surface area is 97.5 Å². The summed E-state index contributed by atoms with van der Waals surface area (Å²) in [6.07, 6.45) is 3.88. The van der Waals surface area contributed by atoms with Gasteiger partial charge in [0.05, 0.1) is 12.2 Å². The number of nitrogens with zero attached hydrogens (tertiary/aromatic N) is 4. The average molecular weight is 235 g/mol. The van der Waals surface area contributed by atoms with E-state index in [0.717, 1.165) is 36.3 Å². The van der Waals surface area contributed by atoms with E-state index in [0.29, 0.717) is 6.54 Å². The van der Waals surface area contributed by atoms with E-state index in [1.807, 2.05) is 17.8 Å². The van der Waals surface area contributed by atoms with Crippen LogP contribution in [0.25, 0.3) is 0 Å². The highest BCUT2D eigenvalue weighted by Crippen LogP contribution is 2.24. The molecule has 3 heterocycles. The topological polar surface area (TPSA) is 60.0 Å². The summed E-state index contributed by atoms with van der Waals surface area (Å²) in [6.45, 7) is 3.32. The fourth-order valence-electron chi connectivity index (χ4n) is 1.87. The van der Waals surface area contributed by atoms with Crippen LogP contribution in [0.4, 0.5) is 5.13 Å². The third-order valence-electron chi connectivity index (χ3n) is 2.76. The van der Waals surface area contributed by atoms with Crippen molar-refractivity contribution in [3.05, 3.63) is 29.3 Å². The molecule has 84 valence electrons. The van der Waals surface area contributed by atoms with Crippen LogP contribution in [0.15, 0.2) is 17.8 Å². The first-order valence-electron chi connectivity index (χ1n) is 5.26. The Morgan fingerprint density at radius 3 is 3.19 bits per heavy atom. The number of thiazole rings is 1. The van der Waals surface area contributed by atoms with Crippen LogP contribution in [0.3, 0.4) is 0 Å². The smallest absolute Gasteiger partial charge is 0.186 e. The van der Waals surface area contributed by atoms with E-state index in [-0.39, 0.29) is 0 Å². The third-order valence-corrected chi connectivity index (χ3v) is 3.71. The summed E-state index contributed by atoms with van der Waals surface area (Å²) in [6, 6.07) is 0. The highest BCUT2D eigenvalue weighted by Gasteiger charge is 2.18. The molecular weight excluding hydrogens is 222 g/mol. The number of hydrogen-bond acceptors (Lipinski definition) is 5. The first-order chi connectivity index (χ1) is 7.86. The molecule has 2 aromatic heterocycles. The predicted octanol–water partition coefficient (Wildman–Crippen LogP) is 0.818. The van der Waals surface area contributed by atoms with Gasteiger partial charge in [-0.2, -0.15) is 0 Å². The van der Waals surface area contributed by atoms with Crippen LogP contribution in [0, 0.1) is 0 Å². The molecule has 2 N–H and O–H groups in total. The molecule has 0 atom stereocenters. The van der Waals surface area contributed by atoms with Gasteiger partial charge in [0.1, 0.15) is 5.82 Å². The lowest BCUT2D eigenvalue weighted by Gasteiger charge is -2.27. The maximum absolute atomic E-state index is 5.56. The van der Waals surface area contributed by atoms with Crippen LogP contribution >= 0.6 is 11.3 Å². The maximum atomic E-state index is 5.56. The molecule has 3 rings (SSSR count). The lowest BCUT2D eigenvalue weighted by Crippen LogP contribution is -2.33. The number of nitrogens with two attached hydrogens (primary N) is 1. The van der Waals surface area contributed by atoms with E-state index < -0.39 is 0 Å². The Morgan fingerprint density at radius 1 is 1.44 bits per heavy atom. The van der Waals surface area contributed by atoms with Crippen molar-refractivity contribution in [3.63, 3.8) is 0 Å². The van der Waals surface area contributed by atoms with Gasteiger partial charge in [0.25, 0.3) is 0 Å². The van der Waals surface area contributed by atoms with Crippen molar-refractivity contribution in [1.29, 1.82) is 0 Å². The number of rotatable bonds is 2. The van der Waals surface area contributed by atoms with Gasteiger partial charge >= 0.3 is 0 Å². The summed E-state index contributed by atoms with van der Waals surface area (Å²) in [5.74, 6) is 1.11. The lowest BCUT2D eigenvalue weighted by atomic mass is 10.4. The second-order valence-corrected chi connectivity index (χ2v) is 4.62. The van der Waals surface area contributed by atoms with Crippen LogP contribution in [0.2, 0.25) is 0 Å². The molecule has 0 aromatic carbocycles.